The van der Waals surface area contributed by atoms with Gasteiger partial charge in [0.1, 0.15) is 0 Å². The van der Waals surface area contributed by atoms with Crippen LogP contribution in [0.2, 0.25) is 0 Å². The zero-order chi connectivity index (χ0) is 8.27. The second kappa shape index (κ2) is 4.10. The Kier molecular flexibility index (Phi) is 3.38. The molecule has 0 saturated heterocycles. The molecule has 1 saturated carbocycles. The number of aliphatic hydroxyl groups is 1. The quantitative estimate of drug-likeness (QED) is 0.651. The molecule has 1 N–H and O–H groups in total. The maximum Gasteiger partial charge on any atom is 0.0459 e. The summed E-state index contributed by atoms with van der Waals surface area (Å²) >= 11 is 0. The third kappa shape index (κ3) is 2.48. The van der Waals surface area contributed by atoms with Crippen LogP contribution in [-0.4, -0.2) is 11.7 Å². The second-order valence-corrected chi connectivity index (χ2v) is 4.22. The number of hydrogen-bond donors (Lipinski definition) is 1. The molecule has 1 nitrogen and oxygen atoms in total. The molecular weight excluding hydrogens is 136 g/mol. The van der Waals surface area contributed by atoms with Crippen molar-refractivity contribution in [2.75, 3.05) is 6.61 Å². The second-order valence-electron chi connectivity index (χ2n) is 4.22. The van der Waals surface area contributed by atoms with E-state index < -0.39 is 0 Å². The molecule has 0 amide bonds. The number of rotatable bonds is 2. The Bertz CT molecular complexity index is 109. The van der Waals surface area contributed by atoms with Gasteiger partial charge in [-0.05, 0) is 30.6 Å². The van der Waals surface area contributed by atoms with Gasteiger partial charge in [0.25, 0.3) is 0 Å². The monoisotopic (exact) mass is 156 g/mol. The maximum absolute atomic E-state index is 8.99. The molecule has 0 aromatic carbocycles. The molecule has 0 radical (unpaired) electrons. The number of hydrogen-bond acceptors (Lipinski definition) is 1. The third-order valence-electron chi connectivity index (χ3n) is 3.02. The average Bonchev–Trinajstić information content (AvgIpc) is 2.05. The van der Waals surface area contributed by atoms with Crippen LogP contribution < -0.4 is 0 Å². The molecule has 11 heavy (non-hydrogen) atoms. The smallest absolute Gasteiger partial charge is 0.0459 e. The van der Waals surface area contributed by atoms with E-state index in [1.165, 1.54) is 25.7 Å². The Morgan fingerprint density at radius 1 is 1.36 bits per heavy atom. The van der Waals surface area contributed by atoms with Crippen molar-refractivity contribution < 1.29 is 5.11 Å². The molecule has 0 aliphatic heterocycles. The zero-order valence-corrected chi connectivity index (χ0v) is 7.71. The molecule has 0 heterocycles. The van der Waals surface area contributed by atoms with Crippen molar-refractivity contribution in [3.63, 3.8) is 0 Å². The lowest BCUT2D eigenvalue weighted by Crippen LogP contribution is -2.21. The molecule has 1 aliphatic rings. The van der Waals surface area contributed by atoms with Gasteiger partial charge in [-0.15, -0.1) is 0 Å². The summed E-state index contributed by atoms with van der Waals surface area (Å²) in [6.45, 7) is 5.00. The predicted octanol–water partition coefficient (Wildman–Crippen LogP) is 2.44. The van der Waals surface area contributed by atoms with Crippen LogP contribution in [0.4, 0.5) is 0 Å². The van der Waals surface area contributed by atoms with Gasteiger partial charge in [0.15, 0.2) is 0 Å². The summed E-state index contributed by atoms with van der Waals surface area (Å²) < 4.78 is 0. The van der Waals surface area contributed by atoms with E-state index in [4.69, 9.17) is 5.11 Å². The van der Waals surface area contributed by atoms with Crippen molar-refractivity contribution in [2.45, 2.75) is 39.5 Å². The van der Waals surface area contributed by atoms with E-state index in [-0.39, 0.29) is 0 Å². The molecule has 1 fully saturated rings. The Hall–Kier alpha value is -0.0400. The topological polar surface area (TPSA) is 20.2 Å². The summed E-state index contributed by atoms with van der Waals surface area (Å²) in [7, 11) is 0. The van der Waals surface area contributed by atoms with Crippen LogP contribution >= 0.6 is 0 Å². The summed E-state index contributed by atoms with van der Waals surface area (Å²) in [5.41, 5.74) is 0. The summed E-state index contributed by atoms with van der Waals surface area (Å²) in [6.07, 6.45) is 5.22. The lowest BCUT2D eigenvalue weighted by Gasteiger charge is -2.30. The Balaban J connectivity index is 2.33. The number of aliphatic hydroxyl groups excluding tert-OH is 1. The Morgan fingerprint density at radius 3 is 2.64 bits per heavy atom. The summed E-state index contributed by atoms with van der Waals surface area (Å²) in [4.78, 5) is 0. The first-order chi connectivity index (χ1) is 5.24. The molecule has 0 aromatic rings. The van der Waals surface area contributed by atoms with E-state index >= 15 is 0 Å². The van der Waals surface area contributed by atoms with Crippen LogP contribution in [0.1, 0.15) is 39.5 Å². The van der Waals surface area contributed by atoms with E-state index in [2.05, 4.69) is 13.8 Å². The lowest BCUT2D eigenvalue weighted by molar-refractivity contribution is 0.141. The SMILES string of the molecule is CC(C)[C@@H]1CCC[C@H](CO)C1. The molecule has 66 valence electrons. The van der Waals surface area contributed by atoms with Gasteiger partial charge in [-0.3, -0.25) is 0 Å². The highest BCUT2D eigenvalue weighted by atomic mass is 16.3. The Morgan fingerprint density at radius 2 is 2.09 bits per heavy atom. The maximum atomic E-state index is 8.99. The standard InChI is InChI=1S/C10H20O/c1-8(2)10-5-3-4-9(6-10)7-11/h8-11H,3-7H2,1-2H3/t9-,10+/m0/s1. The van der Waals surface area contributed by atoms with Crippen LogP contribution in [0.5, 0.6) is 0 Å². The van der Waals surface area contributed by atoms with Crippen molar-refractivity contribution in [1.29, 1.82) is 0 Å². The molecule has 0 unspecified atom stereocenters. The van der Waals surface area contributed by atoms with E-state index in [0.29, 0.717) is 12.5 Å². The molecule has 0 spiro atoms. The van der Waals surface area contributed by atoms with Gasteiger partial charge in [0.05, 0.1) is 0 Å². The zero-order valence-electron chi connectivity index (χ0n) is 7.71. The van der Waals surface area contributed by atoms with E-state index in [9.17, 15) is 0 Å². The van der Waals surface area contributed by atoms with Crippen LogP contribution in [-0.2, 0) is 0 Å². The normalized spacial score (nSPS) is 32.7. The van der Waals surface area contributed by atoms with Crippen molar-refractivity contribution >= 4 is 0 Å². The minimum Gasteiger partial charge on any atom is -0.396 e. The predicted molar refractivity (Wildman–Crippen MR) is 47.4 cm³/mol. The van der Waals surface area contributed by atoms with Crippen molar-refractivity contribution in [2.24, 2.45) is 17.8 Å². The van der Waals surface area contributed by atoms with Gasteiger partial charge in [-0.25, -0.2) is 0 Å². The van der Waals surface area contributed by atoms with Gasteiger partial charge >= 0.3 is 0 Å². The van der Waals surface area contributed by atoms with Crippen molar-refractivity contribution in [3.8, 4) is 0 Å². The largest absolute Gasteiger partial charge is 0.396 e. The minimum absolute atomic E-state index is 0.406. The first-order valence-corrected chi connectivity index (χ1v) is 4.85. The van der Waals surface area contributed by atoms with E-state index in [0.717, 1.165) is 11.8 Å². The molecule has 0 aromatic heterocycles. The fourth-order valence-corrected chi connectivity index (χ4v) is 2.10. The Labute approximate surface area is 69.8 Å². The highest BCUT2D eigenvalue weighted by molar-refractivity contribution is 4.74. The van der Waals surface area contributed by atoms with Crippen LogP contribution in [0, 0.1) is 17.8 Å². The first-order valence-electron chi connectivity index (χ1n) is 4.85. The lowest BCUT2D eigenvalue weighted by atomic mass is 9.76. The van der Waals surface area contributed by atoms with Gasteiger partial charge in [0, 0.05) is 6.61 Å². The molecule has 0 bridgehead atoms. The molecule has 1 aliphatic carbocycles. The first kappa shape index (κ1) is 9.05. The van der Waals surface area contributed by atoms with Crippen LogP contribution in [0.3, 0.4) is 0 Å². The summed E-state index contributed by atoms with van der Waals surface area (Å²) in [5, 5.41) is 8.99. The molecular formula is C10H20O. The average molecular weight is 156 g/mol. The van der Waals surface area contributed by atoms with E-state index in [1.807, 2.05) is 0 Å². The van der Waals surface area contributed by atoms with Crippen molar-refractivity contribution in [3.05, 3.63) is 0 Å². The van der Waals surface area contributed by atoms with Crippen molar-refractivity contribution in [1.82, 2.24) is 0 Å². The summed E-state index contributed by atoms with van der Waals surface area (Å²) in [5.74, 6) is 2.29. The van der Waals surface area contributed by atoms with Crippen LogP contribution in [0.15, 0.2) is 0 Å². The molecule has 1 rings (SSSR count). The molecule has 1 heteroatoms. The summed E-state index contributed by atoms with van der Waals surface area (Å²) in [6, 6.07) is 0. The van der Waals surface area contributed by atoms with Gasteiger partial charge in [-0.1, -0.05) is 26.7 Å². The molecule has 2 atom stereocenters. The highest BCUT2D eigenvalue weighted by Crippen LogP contribution is 2.33. The fourth-order valence-electron chi connectivity index (χ4n) is 2.10. The van der Waals surface area contributed by atoms with Gasteiger partial charge in [0.2, 0.25) is 0 Å². The minimum atomic E-state index is 0.406. The highest BCUT2D eigenvalue weighted by Gasteiger charge is 2.23. The third-order valence-corrected chi connectivity index (χ3v) is 3.02. The van der Waals surface area contributed by atoms with Gasteiger partial charge in [-0.2, -0.15) is 0 Å². The van der Waals surface area contributed by atoms with E-state index in [1.54, 1.807) is 0 Å². The van der Waals surface area contributed by atoms with Gasteiger partial charge < -0.3 is 5.11 Å². The van der Waals surface area contributed by atoms with Crippen LogP contribution in [0.25, 0.3) is 0 Å². The fraction of sp³-hybridized carbons (Fsp3) is 1.00.